The average Bonchev–Trinajstić information content (AvgIpc) is 3.39. The smallest absolute Gasteiger partial charge is 0.0958 e. The van der Waals surface area contributed by atoms with Crippen LogP contribution in [-0.2, 0) is 4.74 Å². The van der Waals surface area contributed by atoms with Gasteiger partial charge in [-0.1, -0.05) is 19.1 Å². The molecule has 2 aliphatic heterocycles. The molecule has 2 bridgehead atoms. The largest absolute Gasteiger partial charge is 0.390 e. The maximum absolute atomic E-state index is 11.3. The van der Waals surface area contributed by atoms with Crippen LogP contribution in [0.25, 0.3) is 16.5 Å². The van der Waals surface area contributed by atoms with Crippen LogP contribution >= 0.6 is 11.6 Å². The third-order valence-corrected chi connectivity index (χ3v) is 11.7. The van der Waals surface area contributed by atoms with Gasteiger partial charge in [0.2, 0.25) is 0 Å². The van der Waals surface area contributed by atoms with Crippen LogP contribution in [0, 0.1) is 17.3 Å². The van der Waals surface area contributed by atoms with Gasteiger partial charge in [0.05, 0.1) is 40.0 Å². The lowest BCUT2D eigenvalue weighted by atomic mass is 9.52. The van der Waals surface area contributed by atoms with E-state index in [0.29, 0.717) is 12.3 Å². The van der Waals surface area contributed by atoms with Gasteiger partial charge in [-0.3, -0.25) is 0 Å². The summed E-state index contributed by atoms with van der Waals surface area (Å²) < 4.78 is 7.33. The van der Waals surface area contributed by atoms with E-state index in [1.54, 1.807) is 6.20 Å². The molecule has 9 atom stereocenters. The lowest BCUT2D eigenvalue weighted by Gasteiger charge is -2.65. The van der Waals surface area contributed by atoms with Gasteiger partial charge in [0.1, 0.15) is 0 Å². The number of fused-ring (bicyclic) bond motifs is 2. The number of nitrogens with zero attached hydrogens (tertiary/aromatic N) is 3. The molecule has 1 aromatic heterocycles. The van der Waals surface area contributed by atoms with Gasteiger partial charge in [-0.25, -0.2) is 0 Å². The van der Waals surface area contributed by atoms with E-state index in [1.165, 1.54) is 11.1 Å². The summed E-state index contributed by atoms with van der Waals surface area (Å²) in [6, 6.07) is 8.41. The minimum Gasteiger partial charge on any atom is -0.390 e. The van der Waals surface area contributed by atoms with Crippen molar-refractivity contribution in [1.82, 2.24) is 15.1 Å². The van der Waals surface area contributed by atoms with Crippen molar-refractivity contribution >= 4 is 28.1 Å². The van der Waals surface area contributed by atoms with Crippen LogP contribution in [0.15, 0.2) is 36.5 Å². The molecular formula is C29H36ClN3O3. The van der Waals surface area contributed by atoms with Crippen LogP contribution in [-0.4, -0.2) is 73.7 Å². The highest BCUT2D eigenvalue weighted by atomic mass is 35.5. The lowest BCUT2D eigenvalue weighted by molar-refractivity contribution is -0.276. The van der Waals surface area contributed by atoms with Crippen LogP contribution in [0.3, 0.4) is 0 Å². The first-order valence-corrected chi connectivity index (χ1v) is 13.8. The van der Waals surface area contributed by atoms with E-state index in [0.717, 1.165) is 49.4 Å². The van der Waals surface area contributed by atoms with Crippen molar-refractivity contribution in [3.63, 3.8) is 0 Å². The number of aliphatic hydroxyl groups is 2. The highest BCUT2D eigenvalue weighted by molar-refractivity contribution is 6.25. The van der Waals surface area contributed by atoms with Gasteiger partial charge in [-0.15, -0.1) is 11.6 Å². The average molecular weight is 510 g/mol. The standard InChI is InChI=1S/C29H36ClN3O3/c1-26-9-11-28(30)15-20-24(34)25(35)22(33(2)3)16-27(20)10-12-29(28,36-27)23(26)7-5-19(26)17-4-6-21-18(14-17)8-13-31-32-21/h4-6,8,13-14,20,22-25,34-35H,7,9-12,15-16H2,1-3H3/t20?,22-,23?,24+,25+,26+,27+,28?,29-/m0/s1. The Morgan fingerprint density at radius 2 is 1.89 bits per heavy atom. The molecule has 5 aliphatic rings. The topological polar surface area (TPSA) is 78.7 Å². The normalized spacial score (nSPS) is 47.4. The fraction of sp³-hybridized carbons (Fsp3) is 0.655. The molecule has 36 heavy (non-hydrogen) atoms. The third-order valence-electron chi connectivity index (χ3n) is 11.0. The van der Waals surface area contributed by atoms with Crippen molar-refractivity contribution in [1.29, 1.82) is 0 Å². The number of halogens is 1. The summed E-state index contributed by atoms with van der Waals surface area (Å²) in [4.78, 5) is 1.52. The fourth-order valence-corrected chi connectivity index (χ4v) is 9.69. The number of ether oxygens (including phenoxy) is 1. The second-order valence-corrected chi connectivity index (χ2v) is 13.4. The summed E-state index contributed by atoms with van der Waals surface area (Å²) in [5, 5.41) is 31.6. The number of allylic oxidation sites excluding steroid dienone is 2. The zero-order chi connectivity index (χ0) is 25.1. The Morgan fingerprint density at radius 3 is 2.69 bits per heavy atom. The number of benzene rings is 1. The van der Waals surface area contributed by atoms with E-state index in [2.05, 4.69) is 41.4 Å². The van der Waals surface area contributed by atoms with Gasteiger partial charge in [-0.2, -0.15) is 10.2 Å². The molecule has 1 aromatic carbocycles. The number of aliphatic hydroxyl groups excluding tert-OH is 2. The van der Waals surface area contributed by atoms with Gasteiger partial charge >= 0.3 is 0 Å². The molecule has 6 nitrogen and oxygen atoms in total. The van der Waals surface area contributed by atoms with Crippen molar-refractivity contribution < 1.29 is 14.9 Å². The molecule has 2 saturated heterocycles. The summed E-state index contributed by atoms with van der Waals surface area (Å²) in [5.74, 6) is 0.163. The zero-order valence-electron chi connectivity index (χ0n) is 21.3. The van der Waals surface area contributed by atoms with Gasteiger partial charge in [-0.05, 0) is 93.8 Å². The van der Waals surface area contributed by atoms with Crippen LogP contribution in [0.5, 0.6) is 0 Å². The zero-order valence-corrected chi connectivity index (χ0v) is 22.1. The summed E-state index contributed by atoms with van der Waals surface area (Å²) in [5.41, 5.74) is 2.70. The molecule has 0 radical (unpaired) electrons. The van der Waals surface area contributed by atoms with Crippen LogP contribution in [0.4, 0.5) is 0 Å². The molecular weight excluding hydrogens is 474 g/mol. The molecule has 7 heteroatoms. The molecule has 2 spiro atoms. The van der Waals surface area contributed by atoms with Crippen molar-refractivity contribution in [2.24, 2.45) is 17.3 Å². The number of alkyl halides is 1. The van der Waals surface area contributed by atoms with Gasteiger partial charge in [0, 0.05) is 23.3 Å². The molecule has 3 aliphatic carbocycles. The van der Waals surface area contributed by atoms with Crippen molar-refractivity contribution in [2.75, 3.05) is 14.1 Å². The minimum atomic E-state index is -0.816. The molecule has 192 valence electrons. The van der Waals surface area contributed by atoms with Gasteiger partial charge in [0.15, 0.2) is 0 Å². The molecule has 2 N–H and O–H groups in total. The van der Waals surface area contributed by atoms with Crippen molar-refractivity contribution in [2.45, 2.75) is 86.2 Å². The van der Waals surface area contributed by atoms with E-state index in [4.69, 9.17) is 16.3 Å². The van der Waals surface area contributed by atoms with E-state index in [9.17, 15) is 10.2 Å². The number of rotatable bonds is 2. The first kappa shape index (κ1) is 23.5. The third kappa shape index (κ3) is 2.83. The number of hydrogen-bond donors (Lipinski definition) is 2. The van der Waals surface area contributed by atoms with Crippen molar-refractivity contribution in [3.8, 4) is 0 Å². The van der Waals surface area contributed by atoms with Crippen LogP contribution in [0.2, 0.25) is 0 Å². The predicted molar refractivity (Wildman–Crippen MR) is 140 cm³/mol. The molecule has 0 amide bonds. The SMILES string of the molecule is CN(C)[C@H]1C[C@@]23CC[C@]4(O2)C2CC=C(c5ccc6nnccc6c5)[C@@]2(C)CCC4(Cl)CC3[C@@H](O)[C@@H]1O. The summed E-state index contributed by atoms with van der Waals surface area (Å²) >= 11 is 7.62. The van der Waals surface area contributed by atoms with E-state index in [-0.39, 0.29) is 17.4 Å². The number of likely N-dealkylation sites (N-methyl/N-ethyl adjacent to an activating group) is 1. The van der Waals surface area contributed by atoms with Gasteiger partial charge < -0.3 is 19.8 Å². The molecule has 3 heterocycles. The number of aromatic nitrogens is 2. The first-order chi connectivity index (χ1) is 17.1. The molecule has 2 aromatic rings. The molecule has 3 unspecified atom stereocenters. The summed E-state index contributed by atoms with van der Waals surface area (Å²) in [6.45, 7) is 2.42. The summed E-state index contributed by atoms with van der Waals surface area (Å²) in [6.07, 6.45) is 8.66. The summed E-state index contributed by atoms with van der Waals surface area (Å²) in [7, 11) is 3.97. The Balaban J connectivity index is 1.27. The monoisotopic (exact) mass is 509 g/mol. The lowest BCUT2D eigenvalue weighted by Crippen LogP contribution is -2.72. The Morgan fingerprint density at radius 1 is 1.06 bits per heavy atom. The van der Waals surface area contributed by atoms with Gasteiger partial charge in [0.25, 0.3) is 0 Å². The second-order valence-electron chi connectivity index (χ2n) is 12.7. The number of hydrogen-bond acceptors (Lipinski definition) is 6. The van der Waals surface area contributed by atoms with Crippen LogP contribution in [0.1, 0.15) is 57.4 Å². The Bertz CT molecular complexity index is 1270. The molecule has 4 fully saturated rings. The van der Waals surface area contributed by atoms with Crippen molar-refractivity contribution in [3.05, 3.63) is 42.1 Å². The Labute approximate surface area is 217 Å². The predicted octanol–water partition coefficient (Wildman–Crippen LogP) is 4.17. The molecule has 2 saturated carbocycles. The Kier molecular flexibility index (Phi) is 4.91. The van der Waals surface area contributed by atoms with E-state index < -0.39 is 28.3 Å². The quantitative estimate of drug-likeness (QED) is 0.591. The highest BCUT2D eigenvalue weighted by Crippen LogP contribution is 2.73. The Hall–Kier alpha value is -1.57. The van der Waals surface area contributed by atoms with E-state index >= 15 is 0 Å². The fourth-order valence-electron chi connectivity index (χ4n) is 9.16. The maximum atomic E-state index is 11.3. The minimum absolute atomic E-state index is 0.0291. The van der Waals surface area contributed by atoms with Crippen LogP contribution < -0.4 is 0 Å². The maximum Gasteiger partial charge on any atom is 0.0958 e. The highest BCUT2D eigenvalue weighted by Gasteiger charge is 2.76. The van der Waals surface area contributed by atoms with E-state index in [1.807, 2.05) is 25.1 Å². The second kappa shape index (κ2) is 7.51. The molecule has 7 rings (SSSR count). The first-order valence-electron chi connectivity index (χ1n) is 13.5.